The molecule has 2 amide bonds. The van der Waals surface area contributed by atoms with Crippen molar-refractivity contribution in [1.29, 1.82) is 0 Å². The molecule has 2 aromatic carbocycles. The zero-order valence-electron chi connectivity index (χ0n) is 14.8. The van der Waals surface area contributed by atoms with Crippen LogP contribution in [0.4, 0.5) is 10.1 Å². The fraction of sp³-hybridized carbons (Fsp3) is 0.263. The summed E-state index contributed by atoms with van der Waals surface area (Å²) in [5.74, 6) is -0.686. The normalized spacial score (nSPS) is 11.7. The lowest BCUT2D eigenvalue weighted by atomic mass is 10.2. The number of hydrogen-bond donors (Lipinski definition) is 1. The number of thioether (sulfide) groups is 1. The third kappa shape index (κ3) is 5.47. The summed E-state index contributed by atoms with van der Waals surface area (Å²) in [5, 5.41) is 2.65. The Kier molecular flexibility index (Phi) is 7.06. The Balaban J connectivity index is 1.99. The standard InChI is InChI=1S/C19H20ClFN2O2S/c1-12(26-15-9-7-14(8-10-15)22-13(2)24)19(25)23(3)11-16-17(20)5-4-6-18(16)21/h4-10,12H,11H2,1-3H3,(H,22,24). The molecule has 26 heavy (non-hydrogen) atoms. The van der Waals surface area contributed by atoms with Gasteiger partial charge in [-0.05, 0) is 43.3 Å². The Hall–Kier alpha value is -2.05. The van der Waals surface area contributed by atoms with Gasteiger partial charge in [-0.25, -0.2) is 4.39 Å². The van der Waals surface area contributed by atoms with Crippen molar-refractivity contribution in [3.63, 3.8) is 0 Å². The van der Waals surface area contributed by atoms with Crippen LogP contribution in [0.5, 0.6) is 0 Å². The summed E-state index contributed by atoms with van der Waals surface area (Å²) in [6, 6.07) is 11.7. The van der Waals surface area contributed by atoms with Crippen LogP contribution in [0.3, 0.4) is 0 Å². The van der Waals surface area contributed by atoms with Crippen molar-refractivity contribution < 1.29 is 14.0 Å². The van der Waals surface area contributed by atoms with Gasteiger partial charge in [0.2, 0.25) is 11.8 Å². The first-order valence-corrected chi connectivity index (χ1v) is 9.26. The highest BCUT2D eigenvalue weighted by atomic mass is 35.5. The second-order valence-electron chi connectivity index (χ2n) is 5.86. The van der Waals surface area contributed by atoms with Gasteiger partial charge in [0.25, 0.3) is 0 Å². The van der Waals surface area contributed by atoms with Crippen LogP contribution < -0.4 is 5.32 Å². The summed E-state index contributed by atoms with van der Waals surface area (Å²) in [5.41, 5.74) is 1.01. The summed E-state index contributed by atoms with van der Waals surface area (Å²) in [6.07, 6.45) is 0. The van der Waals surface area contributed by atoms with Gasteiger partial charge in [0.05, 0.1) is 5.25 Å². The van der Waals surface area contributed by atoms with Gasteiger partial charge >= 0.3 is 0 Å². The first kappa shape index (κ1) is 20.3. The van der Waals surface area contributed by atoms with E-state index in [4.69, 9.17) is 11.6 Å². The molecule has 0 heterocycles. The number of carbonyl (C=O) groups excluding carboxylic acids is 2. The van der Waals surface area contributed by atoms with Crippen molar-refractivity contribution in [3.8, 4) is 0 Å². The van der Waals surface area contributed by atoms with E-state index in [1.54, 1.807) is 32.2 Å². The molecular weight excluding hydrogens is 375 g/mol. The molecule has 2 rings (SSSR count). The van der Waals surface area contributed by atoms with Crippen LogP contribution in [0.25, 0.3) is 0 Å². The highest BCUT2D eigenvalue weighted by molar-refractivity contribution is 8.00. The van der Waals surface area contributed by atoms with E-state index in [1.165, 1.54) is 35.7 Å². The van der Waals surface area contributed by atoms with E-state index >= 15 is 0 Å². The van der Waals surface area contributed by atoms with Crippen LogP contribution in [-0.4, -0.2) is 29.0 Å². The van der Waals surface area contributed by atoms with E-state index in [2.05, 4.69) is 5.32 Å². The van der Waals surface area contributed by atoms with E-state index in [9.17, 15) is 14.0 Å². The summed E-state index contributed by atoms with van der Waals surface area (Å²) >= 11 is 7.42. The molecule has 0 saturated carbocycles. The maximum Gasteiger partial charge on any atom is 0.235 e. The van der Waals surface area contributed by atoms with E-state index in [1.807, 2.05) is 12.1 Å². The second-order valence-corrected chi connectivity index (χ2v) is 7.68. The number of nitrogens with one attached hydrogen (secondary N) is 1. The molecule has 0 aliphatic carbocycles. The minimum absolute atomic E-state index is 0.108. The molecule has 1 unspecified atom stereocenters. The lowest BCUT2D eigenvalue weighted by molar-refractivity contribution is -0.129. The van der Waals surface area contributed by atoms with Crippen LogP contribution in [-0.2, 0) is 16.1 Å². The average molecular weight is 395 g/mol. The monoisotopic (exact) mass is 394 g/mol. The first-order chi connectivity index (χ1) is 12.3. The average Bonchev–Trinajstić information content (AvgIpc) is 2.58. The molecule has 4 nitrogen and oxygen atoms in total. The van der Waals surface area contributed by atoms with Crippen molar-refractivity contribution >= 4 is 40.9 Å². The molecule has 138 valence electrons. The first-order valence-electron chi connectivity index (χ1n) is 8.00. The van der Waals surface area contributed by atoms with Gasteiger partial charge in [0.15, 0.2) is 0 Å². The van der Waals surface area contributed by atoms with Crippen molar-refractivity contribution in [2.24, 2.45) is 0 Å². The number of carbonyl (C=O) groups is 2. The third-order valence-electron chi connectivity index (χ3n) is 3.67. The lowest BCUT2D eigenvalue weighted by Crippen LogP contribution is -2.33. The molecule has 0 radical (unpaired) electrons. The molecule has 0 aliphatic rings. The Morgan fingerprint density at radius 1 is 1.23 bits per heavy atom. The summed E-state index contributed by atoms with van der Waals surface area (Å²) in [6.45, 7) is 3.35. The van der Waals surface area contributed by atoms with Crippen molar-refractivity contribution in [1.82, 2.24) is 4.90 Å². The molecule has 0 saturated heterocycles. The summed E-state index contributed by atoms with van der Waals surface area (Å²) < 4.78 is 13.9. The van der Waals surface area contributed by atoms with Gasteiger partial charge < -0.3 is 10.2 Å². The van der Waals surface area contributed by atoms with Gasteiger partial charge in [0.1, 0.15) is 5.82 Å². The van der Waals surface area contributed by atoms with Gasteiger partial charge in [0, 0.05) is 41.7 Å². The molecule has 1 atom stereocenters. The number of anilines is 1. The highest BCUT2D eigenvalue weighted by Gasteiger charge is 2.20. The fourth-order valence-electron chi connectivity index (χ4n) is 2.38. The Morgan fingerprint density at radius 2 is 1.88 bits per heavy atom. The fourth-order valence-corrected chi connectivity index (χ4v) is 3.59. The number of amides is 2. The van der Waals surface area contributed by atoms with Crippen LogP contribution in [0, 0.1) is 5.82 Å². The van der Waals surface area contributed by atoms with Crippen molar-refractivity contribution in [2.45, 2.75) is 30.5 Å². The SMILES string of the molecule is CC(=O)Nc1ccc(SC(C)C(=O)N(C)Cc2c(F)cccc2Cl)cc1. The van der Waals surface area contributed by atoms with Gasteiger partial charge in [-0.2, -0.15) is 0 Å². The van der Waals surface area contributed by atoms with E-state index < -0.39 is 5.82 Å². The molecule has 0 aromatic heterocycles. The Labute approximate surface area is 161 Å². The maximum absolute atomic E-state index is 13.9. The number of hydrogen-bond acceptors (Lipinski definition) is 3. The van der Waals surface area contributed by atoms with Crippen LogP contribution in [0.2, 0.25) is 5.02 Å². The quantitative estimate of drug-likeness (QED) is 0.730. The maximum atomic E-state index is 13.9. The van der Waals surface area contributed by atoms with Gasteiger partial charge in [-0.1, -0.05) is 17.7 Å². The number of rotatable bonds is 6. The Bertz CT molecular complexity index is 778. The minimum Gasteiger partial charge on any atom is -0.340 e. The number of nitrogens with zero attached hydrogens (tertiary/aromatic N) is 1. The topological polar surface area (TPSA) is 49.4 Å². The smallest absolute Gasteiger partial charge is 0.235 e. The summed E-state index contributed by atoms with van der Waals surface area (Å²) in [4.78, 5) is 26.0. The lowest BCUT2D eigenvalue weighted by Gasteiger charge is -2.22. The van der Waals surface area contributed by atoms with Crippen molar-refractivity contribution in [2.75, 3.05) is 12.4 Å². The van der Waals surface area contributed by atoms with Crippen LogP contribution in [0.1, 0.15) is 19.4 Å². The number of benzene rings is 2. The minimum atomic E-state index is -0.425. The molecule has 0 fully saturated rings. The van der Waals surface area contributed by atoms with E-state index in [0.29, 0.717) is 16.3 Å². The van der Waals surface area contributed by atoms with Crippen molar-refractivity contribution in [3.05, 3.63) is 58.9 Å². The Morgan fingerprint density at radius 3 is 2.46 bits per heavy atom. The molecular formula is C19H20ClFN2O2S. The third-order valence-corrected chi connectivity index (χ3v) is 5.12. The zero-order chi connectivity index (χ0) is 19.3. The van der Waals surface area contributed by atoms with Crippen LogP contribution >= 0.6 is 23.4 Å². The number of halogens is 2. The second kappa shape index (κ2) is 9.05. The summed E-state index contributed by atoms with van der Waals surface area (Å²) in [7, 11) is 1.63. The van der Waals surface area contributed by atoms with E-state index in [0.717, 1.165) is 4.90 Å². The van der Waals surface area contributed by atoms with E-state index in [-0.39, 0.29) is 23.6 Å². The molecule has 0 aliphatic heterocycles. The molecule has 1 N–H and O–H groups in total. The molecule has 7 heteroatoms. The van der Waals surface area contributed by atoms with Gasteiger partial charge in [-0.15, -0.1) is 11.8 Å². The highest BCUT2D eigenvalue weighted by Crippen LogP contribution is 2.27. The zero-order valence-corrected chi connectivity index (χ0v) is 16.3. The van der Waals surface area contributed by atoms with Gasteiger partial charge in [-0.3, -0.25) is 9.59 Å². The molecule has 0 spiro atoms. The molecule has 2 aromatic rings. The van der Waals surface area contributed by atoms with Crippen LogP contribution in [0.15, 0.2) is 47.4 Å². The molecule has 0 bridgehead atoms. The predicted molar refractivity (Wildman–Crippen MR) is 104 cm³/mol. The largest absolute Gasteiger partial charge is 0.340 e. The predicted octanol–water partition coefficient (Wildman–Crippen LogP) is 4.58.